The van der Waals surface area contributed by atoms with Crippen molar-refractivity contribution < 1.29 is 14.2 Å². The number of methoxy groups -OCH3 is 1. The highest BCUT2D eigenvalue weighted by Gasteiger charge is 2.21. The van der Waals surface area contributed by atoms with E-state index in [0.717, 1.165) is 64.6 Å². The number of nitrogens with one attached hydrogen (secondary N) is 1. The molecule has 1 saturated heterocycles. The second kappa shape index (κ2) is 12.7. The normalized spacial score (nSPS) is 17.0. The number of aliphatic imine (C=N–C) groups is 1. The summed E-state index contributed by atoms with van der Waals surface area (Å²) in [7, 11) is 1.69. The maximum Gasteiger partial charge on any atom is 0.193 e. The van der Waals surface area contributed by atoms with Crippen LogP contribution in [-0.4, -0.2) is 76.7 Å². The fourth-order valence-electron chi connectivity index (χ4n) is 2.49. The second-order valence-electron chi connectivity index (χ2n) is 5.34. The van der Waals surface area contributed by atoms with E-state index in [1.807, 2.05) is 0 Å². The minimum Gasteiger partial charge on any atom is -0.382 e. The number of piperidine rings is 1. The molecular formula is C16H33N3O3. The molecule has 1 aliphatic heterocycles. The molecule has 0 radical (unpaired) electrons. The maximum atomic E-state index is 5.70. The summed E-state index contributed by atoms with van der Waals surface area (Å²) in [5.74, 6) is 1.02. The highest BCUT2D eigenvalue weighted by atomic mass is 16.5. The van der Waals surface area contributed by atoms with Gasteiger partial charge in [0.1, 0.15) is 0 Å². The van der Waals surface area contributed by atoms with Gasteiger partial charge in [0.15, 0.2) is 5.96 Å². The molecule has 0 spiro atoms. The number of guanidine groups is 1. The number of rotatable bonds is 10. The van der Waals surface area contributed by atoms with Crippen LogP contribution in [-0.2, 0) is 14.2 Å². The van der Waals surface area contributed by atoms with Crippen molar-refractivity contribution >= 4 is 5.96 Å². The Balaban J connectivity index is 2.27. The number of hydrogen-bond donors (Lipinski definition) is 1. The van der Waals surface area contributed by atoms with Crippen LogP contribution in [0.2, 0.25) is 0 Å². The van der Waals surface area contributed by atoms with Crippen LogP contribution in [0, 0.1) is 0 Å². The molecular weight excluding hydrogens is 282 g/mol. The van der Waals surface area contributed by atoms with Gasteiger partial charge in [-0.25, -0.2) is 0 Å². The van der Waals surface area contributed by atoms with Gasteiger partial charge in [-0.2, -0.15) is 0 Å². The Labute approximate surface area is 135 Å². The van der Waals surface area contributed by atoms with E-state index in [4.69, 9.17) is 19.2 Å². The lowest BCUT2D eigenvalue weighted by atomic mass is 10.1. The van der Waals surface area contributed by atoms with Gasteiger partial charge in [0.25, 0.3) is 0 Å². The molecule has 1 fully saturated rings. The molecule has 0 aromatic carbocycles. The van der Waals surface area contributed by atoms with Crippen LogP contribution in [0.1, 0.15) is 33.1 Å². The smallest absolute Gasteiger partial charge is 0.193 e. The molecule has 1 heterocycles. The summed E-state index contributed by atoms with van der Waals surface area (Å²) in [5, 5.41) is 3.38. The van der Waals surface area contributed by atoms with E-state index in [0.29, 0.717) is 19.3 Å². The number of nitrogens with zero attached hydrogens (tertiary/aromatic N) is 2. The standard InChI is InChI=1S/C16H33N3O3/c1-4-17-16(18-9-6-12-21-14-13-20-3)19-10-7-15(8-11-19)22-5-2/h15H,4-14H2,1-3H3,(H,17,18). The first-order valence-corrected chi connectivity index (χ1v) is 8.53. The molecule has 0 amide bonds. The number of likely N-dealkylation sites (tertiary alicyclic amines) is 1. The Hall–Kier alpha value is -0.850. The zero-order valence-electron chi connectivity index (χ0n) is 14.5. The number of ether oxygens (including phenoxy) is 3. The van der Waals surface area contributed by atoms with Gasteiger partial charge in [-0.3, -0.25) is 4.99 Å². The molecule has 0 saturated carbocycles. The summed E-state index contributed by atoms with van der Waals surface area (Å²) in [6, 6.07) is 0. The van der Waals surface area contributed by atoms with E-state index < -0.39 is 0 Å². The molecule has 6 nitrogen and oxygen atoms in total. The van der Waals surface area contributed by atoms with Crippen LogP contribution in [0.15, 0.2) is 4.99 Å². The molecule has 0 aromatic heterocycles. The van der Waals surface area contributed by atoms with Gasteiger partial charge >= 0.3 is 0 Å². The summed E-state index contributed by atoms with van der Waals surface area (Å²) >= 11 is 0. The quantitative estimate of drug-likeness (QED) is 0.376. The molecule has 0 aliphatic carbocycles. The van der Waals surface area contributed by atoms with Crippen LogP contribution in [0.5, 0.6) is 0 Å². The van der Waals surface area contributed by atoms with Crippen molar-refractivity contribution in [3.8, 4) is 0 Å². The van der Waals surface area contributed by atoms with Gasteiger partial charge in [-0.05, 0) is 33.1 Å². The Morgan fingerprint density at radius 2 is 1.95 bits per heavy atom. The molecule has 0 unspecified atom stereocenters. The van der Waals surface area contributed by atoms with Gasteiger partial charge < -0.3 is 24.4 Å². The van der Waals surface area contributed by atoms with Gasteiger partial charge in [-0.1, -0.05) is 0 Å². The highest BCUT2D eigenvalue weighted by molar-refractivity contribution is 5.80. The van der Waals surface area contributed by atoms with Crippen LogP contribution in [0.3, 0.4) is 0 Å². The average Bonchev–Trinajstić information content (AvgIpc) is 2.54. The topological polar surface area (TPSA) is 55.3 Å². The molecule has 1 rings (SSSR count). The molecule has 0 atom stereocenters. The van der Waals surface area contributed by atoms with E-state index >= 15 is 0 Å². The molecule has 0 bridgehead atoms. The molecule has 6 heteroatoms. The fourth-order valence-corrected chi connectivity index (χ4v) is 2.49. The van der Waals surface area contributed by atoms with E-state index in [1.54, 1.807) is 7.11 Å². The van der Waals surface area contributed by atoms with Crippen molar-refractivity contribution in [3.05, 3.63) is 0 Å². The first-order chi connectivity index (χ1) is 10.8. The Morgan fingerprint density at radius 3 is 2.59 bits per heavy atom. The third-order valence-electron chi connectivity index (χ3n) is 3.62. The second-order valence-corrected chi connectivity index (χ2v) is 5.34. The fraction of sp³-hybridized carbons (Fsp3) is 0.938. The average molecular weight is 315 g/mol. The van der Waals surface area contributed by atoms with Crippen LogP contribution >= 0.6 is 0 Å². The van der Waals surface area contributed by atoms with Crippen molar-refractivity contribution in [2.24, 2.45) is 4.99 Å². The van der Waals surface area contributed by atoms with Crippen LogP contribution in [0.4, 0.5) is 0 Å². The summed E-state index contributed by atoms with van der Waals surface area (Å²) in [6.45, 7) is 10.7. The van der Waals surface area contributed by atoms with Crippen molar-refractivity contribution in [1.29, 1.82) is 0 Å². The van der Waals surface area contributed by atoms with Crippen LogP contribution in [0.25, 0.3) is 0 Å². The molecule has 22 heavy (non-hydrogen) atoms. The lowest BCUT2D eigenvalue weighted by molar-refractivity contribution is 0.0263. The Bertz CT molecular complexity index is 292. The lowest BCUT2D eigenvalue weighted by Crippen LogP contribution is -2.47. The first-order valence-electron chi connectivity index (χ1n) is 8.53. The highest BCUT2D eigenvalue weighted by Crippen LogP contribution is 2.13. The monoisotopic (exact) mass is 315 g/mol. The third kappa shape index (κ3) is 7.96. The van der Waals surface area contributed by atoms with Gasteiger partial charge in [-0.15, -0.1) is 0 Å². The zero-order chi connectivity index (χ0) is 16.0. The third-order valence-corrected chi connectivity index (χ3v) is 3.62. The van der Waals surface area contributed by atoms with Gasteiger partial charge in [0.05, 0.1) is 19.3 Å². The largest absolute Gasteiger partial charge is 0.382 e. The summed E-state index contributed by atoms with van der Waals surface area (Å²) < 4.78 is 16.1. The predicted octanol–water partition coefficient (Wildman–Crippen LogP) is 1.51. The molecule has 1 N–H and O–H groups in total. The summed E-state index contributed by atoms with van der Waals surface area (Å²) in [4.78, 5) is 7.04. The molecule has 130 valence electrons. The molecule has 1 aliphatic rings. The van der Waals surface area contributed by atoms with Crippen molar-refractivity contribution in [2.75, 3.05) is 59.7 Å². The summed E-state index contributed by atoms with van der Waals surface area (Å²) in [5.41, 5.74) is 0. The molecule has 0 aromatic rings. The van der Waals surface area contributed by atoms with Crippen molar-refractivity contribution in [3.63, 3.8) is 0 Å². The number of hydrogen-bond acceptors (Lipinski definition) is 4. The van der Waals surface area contributed by atoms with E-state index in [2.05, 4.69) is 24.1 Å². The SMILES string of the molecule is CCNC(=NCCCOCCOC)N1CCC(OCC)CC1. The minimum absolute atomic E-state index is 0.415. The van der Waals surface area contributed by atoms with Crippen molar-refractivity contribution in [1.82, 2.24) is 10.2 Å². The minimum atomic E-state index is 0.415. The van der Waals surface area contributed by atoms with E-state index in [9.17, 15) is 0 Å². The van der Waals surface area contributed by atoms with Gasteiger partial charge in [0.2, 0.25) is 0 Å². The first kappa shape index (κ1) is 19.2. The van der Waals surface area contributed by atoms with Crippen molar-refractivity contribution in [2.45, 2.75) is 39.2 Å². The van der Waals surface area contributed by atoms with E-state index in [-0.39, 0.29) is 0 Å². The van der Waals surface area contributed by atoms with Gasteiger partial charge in [0, 0.05) is 46.5 Å². The van der Waals surface area contributed by atoms with Crippen LogP contribution < -0.4 is 5.32 Å². The van der Waals surface area contributed by atoms with E-state index in [1.165, 1.54) is 0 Å². The Morgan fingerprint density at radius 1 is 1.18 bits per heavy atom. The summed E-state index contributed by atoms with van der Waals surface area (Å²) in [6.07, 6.45) is 3.52. The zero-order valence-corrected chi connectivity index (χ0v) is 14.5. The predicted molar refractivity (Wildman–Crippen MR) is 89.5 cm³/mol. The Kier molecular flexibility index (Phi) is 11.1. The maximum absolute atomic E-state index is 5.70. The lowest BCUT2D eigenvalue weighted by Gasteiger charge is -2.34.